The van der Waals surface area contributed by atoms with Gasteiger partial charge in [0.05, 0.1) is 36.5 Å². The molecule has 1 fully saturated rings. The molecule has 28 heavy (non-hydrogen) atoms. The van der Waals surface area contributed by atoms with Crippen molar-refractivity contribution in [2.75, 3.05) is 39.4 Å². The molecule has 1 aliphatic heterocycles. The number of pyridine rings is 1. The van der Waals surface area contributed by atoms with E-state index in [0.717, 1.165) is 61.4 Å². The second-order valence-corrected chi connectivity index (χ2v) is 7.16. The highest BCUT2D eigenvalue weighted by molar-refractivity contribution is 6.07. The number of carbonyl (C=O) groups is 1. The lowest BCUT2D eigenvalue weighted by Crippen LogP contribution is -3.14. The van der Waals surface area contributed by atoms with Crippen molar-refractivity contribution in [1.82, 2.24) is 10.3 Å². The van der Waals surface area contributed by atoms with Crippen molar-refractivity contribution < 1.29 is 14.4 Å². The van der Waals surface area contributed by atoms with E-state index in [4.69, 9.17) is 9.72 Å². The molecule has 1 amide bonds. The first kappa shape index (κ1) is 18.6. The second kappa shape index (κ2) is 8.95. The summed E-state index contributed by atoms with van der Waals surface area (Å²) in [6.45, 7) is 5.54. The first-order valence-electron chi connectivity index (χ1n) is 9.96. The number of rotatable bonds is 6. The topological polar surface area (TPSA) is 55.7 Å². The molecule has 4 rings (SSSR count). The monoisotopic (exact) mass is 376 g/mol. The maximum atomic E-state index is 12.9. The standard InChI is InChI=1S/C23H25N3O2/c27-23(24-11-6-12-26-13-15-28-16-14-26)20-17-22(18-7-2-1-3-8-18)25-21-10-5-4-9-19(20)21/h1-5,7-10,17H,6,11-16H2,(H,24,27)/p+1. The quantitative estimate of drug-likeness (QED) is 0.647. The molecule has 2 N–H and O–H groups in total. The van der Waals surface area contributed by atoms with Gasteiger partial charge >= 0.3 is 0 Å². The first-order valence-corrected chi connectivity index (χ1v) is 9.96. The third-order valence-electron chi connectivity index (χ3n) is 5.22. The number of aromatic nitrogens is 1. The molecule has 0 atom stereocenters. The number of hydrogen-bond acceptors (Lipinski definition) is 3. The highest BCUT2D eigenvalue weighted by atomic mass is 16.5. The fourth-order valence-electron chi connectivity index (χ4n) is 3.67. The zero-order chi connectivity index (χ0) is 19.2. The fraction of sp³-hybridized carbons (Fsp3) is 0.304. The van der Waals surface area contributed by atoms with Crippen LogP contribution >= 0.6 is 0 Å². The van der Waals surface area contributed by atoms with Gasteiger partial charge in [0.15, 0.2) is 0 Å². The SMILES string of the molecule is O=C(NCCC[NH+]1CCOCC1)c1cc(-c2ccccc2)nc2ccccc12. The molecule has 1 saturated heterocycles. The number of fused-ring (bicyclic) bond motifs is 1. The molecule has 144 valence electrons. The molecule has 1 aromatic heterocycles. The summed E-state index contributed by atoms with van der Waals surface area (Å²) in [6.07, 6.45) is 0.968. The van der Waals surface area contributed by atoms with Crippen molar-refractivity contribution in [2.45, 2.75) is 6.42 Å². The molecular weight excluding hydrogens is 350 g/mol. The Hall–Kier alpha value is -2.76. The van der Waals surface area contributed by atoms with Crippen molar-refractivity contribution in [3.05, 3.63) is 66.2 Å². The van der Waals surface area contributed by atoms with Crippen molar-refractivity contribution in [2.24, 2.45) is 0 Å². The number of morpholine rings is 1. The van der Waals surface area contributed by atoms with Gasteiger partial charge in [0, 0.05) is 23.9 Å². The summed E-state index contributed by atoms with van der Waals surface area (Å²) in [4.78, 5) is 19.2. The van der Waals surface area contributed by atoms with E-state index < -0.39 is 0 Å². The van der Waals surface area contributed by atoms with Crippen LogP contribution in [0.25, 0.3) is 22.2 Å². The highest BCUT2D eigenvalue weighted by Gasteiger charge is 2.15. The molecule has 2 aromatic carbocycles. The van der Waals surface area contributed by atoms with Gasteiger partial charge in [0.2, 0.25) is 0 Å². The largest absolute Gasteiger partial charge is 0.370 e. The van der Waals surface area contributed by atoms with E-state index >= 15 is 0 Å². The Labute approximate surface area is 165 Å². The predicted molar refractivity (Wildman–Crippen MR) is 111 cm³/mol. The summed E-state index contributed by atoms with van der Waals surface area (Å²) in [7, 11) is 0. The van der Waals surface area contributed by atoms with Gasteiger partial charge in [-0.3, -0.25) is 4.79 Å². The van der Waals surface area contributed by atoms with Gasteiger partial charge in [0.1, 0.15) is 13.1 Å². The molecule has 0 bridgehead atoms. The zero-order valence-electron chi connectivity index (χ0n) is 16.0. The number of ether oxygens (including phenoxy) is 1. The van der Waals surface area contributed by atoms with E-state index in [1.807, 2.05) is 60.7 Å². The molecule has 3 aromatic rings. The molecule has 0 aliphatic carbocycles. The van der Waals surface area contributed by atoms with Crippen LogP contribution in [-0.2, 0) is 4.74 Å². The summed E-state index contributed by atoms with van der Waals surface area (Å²) in [5, 5.41) is 3.99. The Morgan fingerprint density at radius 2 is 1.79 bits per heavy atom. The molecule has 0 spiro atoms. The smallest absolute Gasteiger partial charge is 0.252 e. The average Bonchev–Trinajstić information content (AvgIpc) is 2.77. The fourth-order valence-corrected chi connectivity index (χ4v) is 3.67. The Kier molecular flexibility index (Phi) is 5.95. The Morgan fingerprint density at radius 1 is 1.04 bits per heavy atom. The van der Waals surface area contributed by atoms with Crippen LogP contribution in [0, 0.1) is 0 Å². The third-order valence-corrected chi connectivity index (χ3v) is 5.22. The van der Waals surface area contributed by atoms with Crippen LogP contribution in [0.5, 0.6) is 0 Å². The van der Waals surface area contributed by atoms with E-state index in [-0.39, 0.29) is 5.91 Å². The van der Waals surface area contributed by atoms with Crippen LogP contribution in [0.2, 0.25) is 0 Å². The summed E-state index contributed by atoms with van der Waals surface area (Å²) in [5.41, 5.74) is 3.36. The Bertz CT molecular complexity index is 937. The number of nitrogens with one attached hydrogen (secondary N) is 2. The lowest BCUT2D eigenvalue weighted by molar-refractivity contribution is -0.908. The van der Waals surface area contributed by atoms with Gasteiger partial charge in [-0.15, -0.1) is 0 Å². The van der Waals surface area contributed by atoms with Gasteiger partial charge < -0.3 is 15.0 Å². The minimum absolute atomic E-state index is 0.0345. The number of benzene rings is 2. The first-order chi connectivity index (χ1) is 13.8. The third kappa shape index (κ3) is 4.38. The van der Waals surface area contributed by atoms with Crippen molar-refractivity contribution in [1.29, 1.82) is 0 Å². The maximum Gasteiger partial charge on any atom is 0.252 e. The predicted octanol–water partition coefficient (Wildman–Crippen LogP) is 1.94. The van der Waals surface area contributed by atoms with E-state index in [1.165, 1.54) is 0 Å². The van der Waals surface area contributed by atoms with Crippen LogP contribution in [0.1, 0.15) is 16.8 Å². The van der Waals surface area contributed by atoms with Gasteiger partial charge in [-0.25, -0.2) is 4.98 Å². The zero-order valence-corrected chi connectivity index (χ0v) is 16.0. The Morgan fingerprint density at radius 3 is 2.61 bits per heavy atom. The molecule has 0 unspecified atom stereocenters. The number of quaternary nitrogens is 1. The number of nitrogens with zero attached hydrogens (tertiary/aromatic N) is 1. The van der Waals surface area contributed by atoms with E-state index in [9.17, 15) is 4.79 Å². The number of carbonyl (C=O) groups excluding carboxylic acids is 1. The van der Waals surface area contributed by atoms with Gasteiger partial charge in [-0.05, 0) is 12.1 Å². The van der Waals surface area contributed by atoms with Crippen molar-refractivity contribution in [3.8, 4) is 11.3 Å². The maximum absolute atomic E-state index is 12.9. The Balaban J connectivity index is 1.49. The molecule has 2 heterocycles. The van der Waals surface area contributed by atoms with Crippen LogP contribution in [-0.4, -0.2) is 50.3 Å². The van der Waals surface area contributed by atoms with Crippen LogP contribution in [0.4, 0.5) is 0 Å². The highest BCUT2D eigenvalue weighted by Crippen LogP contribution is 2.24. The second-order valence-electron chi connectivity index (χ2n) is 7.16. The average molecular weight is 376 g/mol. The van der Waals surface area contributed by atoms with Crippen LogP contribution in [0.3, 0.4) is 0 Å². The van der Waals surface area contributed by atoms with Crippen molar-refractivity contribution in [3.63, 3.8) is 0 Å². The van der Waals surface area contributed by atoms with Crippen molar-refractivity contribution >= 4 is 16.8 Å². The van der Waals surface area contributed by atoms with E-state index in [0.29, 0.717) is 12.1 Å². The molecule has 0 radical (unpaired) electrons. The number of hydrogen-bond donors (Lipinski definition) is 2. The van der Waals surface area contributed by atoms with Gasteiger partial charge in [-0.2, -0.15) is 0 Å². The summed E-state index contributed by atoms with van der Waals surface area (Å²) < 4.78 is 5.39. The molecule has 5 nitrogen and oxygen atoms in total. The number of amides is 1. The lowest BCUT2D eigenvalue weighted by Gasteiger charge is -2.23. The van der Waals surface area contributed by atoms with E-state index in [2.05, 4.69) is 5.32 Å². The molecule has 1 aliphatic rings. The lowest BCUT2D eigenvalue weighted by atomic mass is 10.0. The molecule has 0 saturated carbocycles. The summed E-state index contributed by atoms with van der Waals surface area (Å²) in [6, 6.07) is 19.7. The number of para-hydroxylation sites is 1. The minimum atomic E-state index is -0.0345. The van der Waals surface area contributed by atoms with Crippen LogP contribution in [0.15, 0.2) is 60.7 Å². The summed E-state index contributed by atoms with van der Waals surface area (Å²) in [5.74, 6) is -0.0345. The van der Waals surface area contributed by atoms with Gasteiger partial charge in [-0.1, -0.05) is 48.5 Å². The van der Waals surface area contributed by atoms with Gasteiger partial charge in [0.25, 0.3) is 5.91 Å². The molecular formula is C23H26N3O2+. The summed E-state index contributed by atoms with van der Waals surface area (Å²) >= 11 is 0. The molecule has 5 heteroatoms. The minimum Gasteiger partial charge on any atom is -0.370 e. The van der Waals surface area contributed by atoms with E-state index in [1.54, 1.807) is 4.90 Å². The normalized spacial score (nSPS) is 14.9. The van der Waals surface area contributed by atoms with Crippen LogP contribution < -0.4 is 10.2 Å².